The van der Waals surface area contributed by atoms with Crippen LogP contribution in [0.2, 0.25) is 0 Å². The summed E-state index contributed by atoms with van der Waals surface area (Å²) in [6.07, 6.45) is 6.74. The minimum Gasteiger partial charge on any atom is -0.286 e. The van der Waals surface area contributed by atoms with Crippen LogP contribution in [0.5, 0.6) is 0 Å². The first-order valence-electron chi connectivity index (χ1n) is 18.5. The standard InChI is InChI=1S/C43H43ClN2O6S2/c1-42(2)36(45(25-9-27-53(47,48)49)34-20-16-28-10-5-7-12-32(28)39(34)42)22-18-30-14-15-31(41(30)44)19-23-37-43(3,4)40-33-13-8-6-11-29(33)17-21-35(40)46(37)26-24-38(46)54(50,51)52/h5-8,10-13,16-17,20-23,38H,9,14-15,19,24-27H2,1-4H3/p+2. The van der Waals surface area contributed by atoms with Crippen molar-refractivity contribution in [3.05, 3.63) is 124 Å². The van der Waals surface area contributed by atoms with Crippen LogP contribution in [-0.2, 0) is 31.1 Å². The predicted molar refractivity (Wildman–Crippen MR) is 218 cm³/mol. The lowest BCUT2D eigenvalue weighted by molar-refractivity contribution is -0.437. The van der Waals surface area contributed by atoms with E-state index >= 15 is 0 Å². The first kappa shape index (κ1) is 37.1. The van der Waals surface area contributed by atoms with E-state index in [4.69, 9.17) is 11.6 Å². The highest BCUT2D eigenvalue weighted by atomic mass is 35.5. The zero-order chi connectivity index (χ0) is 38.4. The van der Waals surface area contributed by atoms with E-state index in [9.17, 15) is 25.9 Å². The summed E-state index contributed by atoms with van der Waals surface area (Å²) in [6, 6.07) is 24.7. The van der Waals surface area contributed by atoms with Crippen LogP contribution in [0, 0.1) is 0 Å². The van der Waals surface area contributed by atoms with Gasteiger partial charge in [-0.3, -0.25) is 9.11 Å². The maximum atomic E-state index is 12.9. The molecule has 0 saturated carbocycles. The number of nitrogens with zero attached hydrogens (tertiary/aromatic N) is 2. The number of fused-ring (bicyclic) bond motifs is 7. The maximum absolute atomic E-state index is 12.9. The quantitative estimate of drug-likeness (QED) is 0.0798. The van der Waals surface area contributed by atoms with Gasteiger partial charge in [-0.1, -0.05) is 60.1 Å². The summed E-state index contributed by atoms with van der Waals surface area (Å²) in [5, 5.41) is 4.12. The molecule has 0 radical (unpaired) electrons. The molecule has 54 heavy (non-hydrogen) atoms. The van der Waals surface area contributed by atoms with Gasteiger partial charge in [0.1, 0.15) is 17.9 Å². The molecule has 4 aromatic carbocycles. The Hall–Kier alpha value is -3.86. The first-order chi connectivity index (χ1) is 25.5. The van der Waals surface area contributed by atoms with E-state index in [2.05, 4.69) is 80.5 Å². The summed E-state index contributed by atoms with van der Waals surface area (Å²) < 4.78 is 71.2. The van der Waals surface area contributed by atoms with Gasteiger partial charge in [0.15, 0.2) is 5.71 Å². The van der Waals surface area contributed by atoms with Crippen LogP contribution in [-0.4, -0.2) is 60.4 Å². The topological polar surface area (TPSA) is 112 Å². The molecule has 4 aromatic rings. The lowest BCUT2D eigenvalue weighted by Crippen LogP contribution is -2.68. The molecule has 1 aliphatic carbocycles. The molecule has 0 amide bonds. The summed E-state index contributed by atoms with van der Waals surface area (Å²) in [5.74, 6) is -0.332. The second-order valence-corrected chi connectivity index (χ2v) is 19.6. The van der Waals surface area contributed by atoms with Crippen molar-refractivity contribution < 1.29 is 30.5 Å². The maximum Gasteiger partial charge on any atom is 0.320 e. The molecule has 1 fully saturated rings. The van der Waals surface area contributed by atoms with Crippen LogP contribution in [0.3, 0.4) is 0 Å². The summed E-state index contributed by atoms with van der Waals surface area (Å²) in [7, 11) is -8.45. The van der Waals surface area contributed by atoms with Crippen molar-refractivity contribution >= 4 is 70.5 Å². The van der Waals surface area contributed by atoms with Crippen molar-refractivity contribution in [2.45, 2.75) is 76.0 Å². The number of halogens is 1. The Morgan fingerprint density at radius 2 is 1.52 bits per heavy atom. The number of quaternary nitrogens is 1. The Bertz CT molecular complexity index is 2680. The van der Waals surface area contributed by atoms with E-state index in [-0.39, 0.29) is 16.7 Å². The van der Waals surface area contributed by atoms with E-state index < -0.39 is 36.4 Å². The molecule has 3 heterocycles. The third kappa shape index (κ3) is 5.77. The Morgan fingerprint density at radius 3 is 2.15 bits per heavy atom. The molecule has 4 aliphatic rings. The minimum absolute atomic E-state index is 0.107. The van der Waals surface area contributed by atoms with Crippen molar-refractivity contribution in [1.29, 1.82) is 0 Å². The van der Waals surface area contributed by atoms with Crippen LogP contribution in [0.25, 0.3) is 21.5 Å². The van der Waals surface area contributed by atoms with Gasteiger partial charge in [-0.25, -0.2) is 4.48 Å². The van der Waals surface area contributed by atoms with Gasteiger partial charge in [0, 0.05) is 41.3 Å². The molecule has 8 rings (SSSR count). The number of hydrogen-bond acceptors (Lipinski definition) is 4. The first-order valence-corrected chi connectivity index (χ1v) is 22.0. The largest absolute Gasteiger partial charge is 0.320 e. The molecule has 1 saturated heterocycles. The Morgan fingerprint density at radius 1 is 0.870 bits per heavy atom. The van der Waals surface area contributed by atoms with Gasteiger partial charge >= 0.3 is 10.1 Å². The zero-order valence-corrected chi connectivity index (χ0v) is 33.3. The lowest BCUT2D eigenvalue weighted by Gasteiger charge is -2.49. The van der Waals surface area contributed by atoms with Crippen molar-refractivity contribution in [2.24, 2.45) is 0 Å². The smallest absolute Gasteiger partial charge is 0.286 e. The molecule has 2 N–H and O–H groups in total. The van der Waals surface area contributed by atoms with Gasteiger partial charge in [-0.05, 0) is 92.3 Å². The zero-order valence-electron chi connectivity index (χ0n) is 30.9. The van der Waals surface area contributed by atoms with Crippen LogP contribution in [0.1, 0.15) is 70.9 Å². The molecule has 1 spiro atoms. The van der Waals surface area contributed by atoms with Gasteiger partial charge in [0.25, 0.3) is 10.1 Å². The predicted octanol–water partition coefficient (Wildman–Crippen LogP) is 9.21. The third-order valence-corrected chi connectivity index (χ3v) is 14.9. The molecular weight excluding hydrogens is 740 g/mol. The van der Waals surface area contributed by atoms with Crippen molar-refractivity contribution in [1.82, 2.24) is 4.48 Å². The van der Waals surface area contributed by atoms with E-state index in [0.717, 1.165) is 73.0 Å². The second-order valence-electron chi connectivity index (χ2n) is 16.1. The van der Waals surface area contributed by atoms with Crippen LogP contribution >= 0.6 is 11.6 Å². The van der Waals surface area contributed by atoms with Gasteiger partial charge in [-0.2, -0.15) is 21.4 Å². The third-order valence-electron chi connectivity index (χ3n) is 12.3. The summed E-state index contributed by atoms with van der Waals surface area (Å²) in [6.45, 7) is 9.62. The number of rotatable bonds is 8. The molecule has 0 bridgehead atoms. The number of benzene rings is 4. The van der Waals surface area contributed by atoms with Gasteiger partial charge < -0.3 is 0 Å². The van der Waals surface area contributed by atoms with Gasteiger partial charge in [0.2, 0.25) is 11.1 Å². The fraction of sp³-hybridized carbons (Fsp3) is 0.349. The Kier molecular flexibility index (Phi) is 8.82. The summed E-state index contributed by atoms with van der Waals surface area (Å²) in [4.78, 5) is 0. The molecule has 0 aromatic heterocycles. The number of hydrogen-bond donors (Lipinski definition) is 2. The van der Waals surface area contributed by atoms with Gasteiger partial charge in [-0.15, -0.1) is 5.73 Å². The van der Waals surface area contributed by atoms with Crippen molar-refractivity contribution in [3.63, 3.8) is 0 Å². The van der Waals surface area contributed by atoms with Crippen LogP contribution < -0.4 is 4.48 Å². The van der Waals surface area contributed by atoms with E-state index in [0.29, 0.717) is 37.4 Å². The molecule has 280 valence electrons. The van der Waals surface area contributed by atoms with E-state index in [1.165, 1.54) is 0 Å². The monoisotopic (exact) mass is 784 g/mol. The van der Waals surface area contributed by atoms with Crippen LogP contribution in [0.15, 0.2) is 113 Å². The SMILES string of the molecule is CC1(C)C(C=C=C2CCC(CC=C3C(C)(C)c4c(ccc5ccccc45)[N+]34CCC4S(=O)(=O)O)=C2Cl)=[N+](CCCS(=O)(=O)O)c2ccc3ccccc3c21. The summed E-state index contributed by atoms with van der Waals surface area (Å²) in [5.41, 5.74) is 10.7. The fourth-order valence-electron chi connectivity index (χ4n) is 9.90. The molecule has 11 heteroatoms. The Labute approximate surface area is 322 Å². The second kappa shape index (κ2) is 12.8. The summed E-state index contributed by atoms with van der Waals surface area (Å²) >= 11 is 7.15. The highest BCUT2D eigenvalue weighted by Gasteiger charge is 2.66. The fourth-order valence-corrected chi connectivity index (χ4v) is 11.9. The number of allylic oxidation sites excluding steroid dienone is 5. The average Bonchev–Trinajstić information content (AvgIpc) is 3.63. The molecule has 2 atom stereocenters. The highest BCUT2D eigenvalue weighted by molar-refractivity contribution is 7.86. The highest BCUT2D eigenvalue weighted by Crippen LogP contribution is 2.60. The van der Waals surface area contributed by atoms with E-state index in [1.807, 2.05) is 42.5 Å². The van der Waals surface area contributed by atoms with E-state index in [1.54, 1.807) is 0 Å². The normalized spacial score (nSPS) is 23.7. The minimum atomic E-state index is -4.34. The Balaban J connectivity index is 1.19. The van der Waals surface area contributed by atoms with Crippen molar-refractivity contribution in [3.8, 4) is 0 Å². The molecule has 8 nitrogen and oxygen atoms in total. The van der Waals surface area contributed by atoms with Gasteiger partial charge in [0.05, 0.1) is 34.6 Å². The van der Waals surface area contributed by atoms with Crippen LogP contribution in [0.4, 0.5) is 11.4 Å². The molecular formula is C43H45ClN2O6S2+2. The van der Waals surface area contributed by atoms with Crippen molar-refractivity contribution in [2.75, 3.05) is 18.8 Å². The molecule has 3 aliphatic heterocycles. The molecule has 2 unspecified atom stereocenters. The lowest BCUT2D eigenvalue weighted by atomic mass is 9.79. The average molecular weight is 785 g/mol.